The summed E-state index contributed by atoms with van der Waals surface area (Å²) in [6, 6.07) is -0.404. The van der Waals surface area contributed by atoms with Crippen LogP contribution in [-0.2, 0) is 14.3 Å². The maximum Gasteiger partial charge on any atom is 0.324 e. The highest BCUT2D eigenvalue weighted by Crippen LogP contribution is 2.18. The van der Waals surface area contributed by atoms with Crippen LogP contribution in [0.4, 0.5) is 4.79 Å². The van der Waals surface area contributed by atoms with Crippen LogP contribution in [0.15, 0.2) is 0 Å². The molecule has 2 aliphatic rings. The Morgan fingerprint density at radius 2 is 2.04 bits per heavy atom. The molecule has 0 spiro atoms. The first-order valence-electron chi connectivity index (χ1n) is 7.98. The molecule has 2 fully saturated rings. The van der Waals surface area contributed by atoms with Gasteiger partial charge in [-0.05, 0) is 18.8 Å². The second-order valence-corrected chi connectivity index (χ2v) is 5.88. The van der Waals surface area contributed by atoms with Gasteiger partial charge in [0.15, 0.2) is 0 Å². The summed E-state index contributed by atoms with van der Waals surface area (Å²) in [6.45, 7) is 3.14. The van der Waals surface area contributed by atoms with Crippen molar-refractivity contribution < 1.29 is 19.1 Å². The molecule has 0 aromatic carbocycles. The summed E-state index contributed by atoms with van der Waals surface area (Å²) >= 11 is 0. The summed E-state index contributed by atoms with van der Waals surface area (Å²) in [5.41, 5.74) is 0. The number of hydrogen-bond acceptors (Lipinski definition) is 4. The summed E-state index contributed by atoms with van der Waals surface area (Å²) in [4.78, 5) is 38.3. The van der Waals surface area contributed by atoms with Crippen molar-refractivity contribution >= 4 is 17.8 Å². The Labute approximate surface area is 136 Å². The molecule has 2 rings (SSSR count). The molecule has 0 atom stereocenters. The zero-order valence-electron chi connectivity index (χ0n) is 13.3. The van der Waals surface area contributed by atoms with E-state index in [1.807, 2.05) is 4.90 Å². The third-order valence-corrected chi connectivity index (χ3v) is 4.24. The molecule has 23 heavy (non-hydrogen) atoms. The fourth-order valence-electron chi connectivity index (χ4n) is 2.83. The first-order chi connectivity index (χ1) is 11.1. The van der Waals surface area contributed by atoms with Crippen LogP contribution in [0.5, 0.6) is 0 Å². The first-order valence-corrected chi connectivity index (χ1v) is 7.98. The number of terminal acetylenes is 1. The van der Waals surface area contributed by atoms with Crippen LogP contribution in [-0.4, -0.2) is 67.0 Å². The van der Waals surface area contributed by atoms with Gasteiger partial charge in [-0.2, -0.15) is 0 Å². The lowest BCUT2D eigenvalue weighted by molar-refractivity contribution is -0.133. The average Bonchev–Trinajstić information content (AvgIpc) is 2.55. The van der Waals surface area contributed by atoms with Gasteiger partial charge in [0.2, 0.25) is 11.8 Å². The smallest absolute Gasteiger partial charge is 0.324 e. The number of carbonyl (C=O) groups is 3. The summed E-state index contributed by atoms with van der Waals surface area (Å²) in [5, 5.41) is 2.26. The number of piperidine rings is 1. The molecule has 2 saturated heterocycles. The maximum absolute atomic E-state index is 12.2. The van der Waals surface area contributed by atoms with Crippen molar-refractivity contribution in [1.82, 2.24) is 15.1 Å². The Kier molecular flexibility index (Phi) is 6.41. The summed E-state index contributed by atoms with van der Waals surface area (Å²) < 4.78 is 5.35. The molecule has 0 aromatic rings. The average molecular weight is 321 g/mol. The number of hydrogen-bond donors (Lipinski definition) is 1. The molecular weight excluding hydrogens is 298 g/mol. The molecular formula is C16H23N3O4. The number of imide groups is 1. The zero-order chi connectivity index (χ0) is 16.7. The molecule has 0 bridgehead atoms. The van der Waals surface area contributed by atoms with Crippen LogP contribution in [0.2, 0.25) is 0 Å². The summed E-state index contributed by atoms with van der Waals surface area (Å²) in [5.74, 6) is 2.69. The van der Waals surface area contributed by atoms with Crippen LogP contribution in [0.25, 0.3) is 0 Å². The van der Waals surface area contributed by atoms with Gasteiger partial charge in [-0.15, -0.1) is 6.42 Å². The molecule has 0 saturated carbocycles. The van der Waals surface area contributed by atoms with E-state index in [0.717, 1.165) is 12.8 Å². The molecule has 7 nitrogen and oxygen atoms in total. The highest BCUT2D eigenvalue weighted by Gasteiger charge is 2.26. The Bertz CT molecular complexity index is 492. The van der Waals surface area contributed by atoms with E-state index in [4.69, 9.17) is 11.2 Å². The zero-order valence-corrected chi connectivity index (χ0v) is 13.3. The van der Waals surface area contributed by atoms with E-state index < -0.39 is 6.03 Å². The van der Waals surface area contributed by atoms with Crippen molar-refractivity contribution in [2.24, 2.45) is 5.92 Å². The second-order valence-electron chi connectivity index (χ2n) is 5.88. The minimum Gasteiger partial charge on any atom is -0.369 e. The van der Waals surface area contributed by atoms with Crippen molar-refractivity contribution in [3.8, 4) is 12.3 Å². The molecule has 0 unspecified atom stereocenters. The van der Waals surface area contributed by atoms with Gasteiger partial charge in [-0.3, -0.25) is 14.9 Å². The largest absolute Gasteiger partial charge is 0.369 e. The van der Waals surface area contributed by atoms with E-state index in [0.29, 0.717) is 58.2 Å². The molecule has 1 N–H and O–H groups in total. The van der Waals surface area contributed by atoms with Gasteiger partial charge in [0, 0.05) is 39.0 Å². The Balaban J connectivity index is 1.66. The van der Waals surface area contributed by atoms with E-state index in [1.54, 1.807) is 0 Å². The van der Waals surface area contributed by atoms with E-state index in [1.165, 1.54) is 4.90 Å². The van der Waals surface area contributed by atoms with Crippen LogP contribution < -0.4 is 5.32 Å². The number of nitrogens with one attached hydrogen (secondary N) is 1. The van der Waals surface area contributed by atoms with E-state index >= 15 is 0 Å². The quantitative estimate of drug-likeness (QED) is 0.560. The molecule has 2 heterocycles. The van der Waals surface area contributed by atoms with Crippen molar-refractivity contribution in [3.63, 3.8) is 0 Å². The number of urea groups is 1. The van der Waals surface area contributed by atoms with Crippen LogP contribution in [0, 0.1) is 18.3 Å². The van der Waals surface area contributed by atoms with Crippen LogP contribution >= 0.6 is 0 Å². The van der Waals surface area contributed by atoms with Crippen LogP contribution in [0.3, 0.4) is 0 Å². The molecule has 126 valence electrons. The first kappa shape index (κ1) is 17.3. The number of carbonyl (C=O) groups excluding carboxylic acids is 3. The predicted octanol–water partition coefficient (Wildman–Crippen LogP) is 0.207. The van der Waals surface area contributed by atoms with Crippen molar-refractivity contribution in [3.05, 3.63) is 0 Å². The van der Waals surface area contributed by atoms with E-state index in [-0.39, 0.29) is 11.8 Å². The van der Waals surface area contributed by atoms with Crippen molar-refractivity contribution in [1.29, 1.82) is 0 Å². The van der Waals surface area contributed by atoms with Gasteiger partial charge in [-0.1, -0.05) is 5.92 Å². The third kappa shape index (κ3) is 5.25. The van der Waals surface area contributed by atoms with Gasteiger partial charge >= 0.3 is 6.03 Å². The summed E-state index contributed by atoms with van der Waals surface area (Å²) in [6.07, 6.45) is 7.55. The predicted molar refractivity (Wildman–Crippen MR) is 83.3 cm³/mol. The minimum atomic E-state index is -0.404. The fourth-order valence-corrected chi connectivity index (χ4v) is 2.83. The number of rotatable bonds is 6. The van der Waals surface area contributed by atoms with E-state index in [2.05, 4.69) is 11.2 Å². The SMILES string of the molecule is C#CCOCC1CCN(C(=O)CCN2CCC(=O)NC2=O)CC1. The van der Waals surface area contributed by atoms with Gasteiger partial charge in [0.25, 0.3) is 0 Å². The second kappa shape index (κ2) is 8.53. The number of likely N-dealkylation sites (tertiary alicyclic amines) is 1. The Hall–Kier alpha value is -2.07. The fraction of sp³-hybridized carbons (Fsp3) is 0.688. The van der Waals surface area contributed by atoms with Gasteiger partial charge in [0.1, 0.15) is 6.61 Å². The van der Waals surface area contributed by atoms with Gasteiger partial charge < -0.3 is 14.5 Å². The van der Waals surface area contributed by atoms with Crippen molar-refractivity contribution in [2.45, 2.75) is 25.7 Å². The molecule has 0 radical (unpaired) electrons. The normalized spacial score (nSPS) is 19.4. The highest BCUT2D eigenvalue weighted by atomic mass is 16.5. The lowest BCUT2D eigenvalue weighted by atomic mass is 9.97. The van der Waals surface area contributed by atoms with Gasteiger partial charge in [0.05, 0.1) is 6.61 Å². The van der Waals surface area contributed by atoms with E-state index in [9.17, 15) is 14.4 Å². The lowest BCUT2D eigenvalue weighted by Gasteiger charge is -2.33. The molecule has 4 amide bonds. The molecule has 0 aromatic heterocycles. The highest BCUT2D eigenvalue weighted by molar-refractivity contribution is 5.96. The third-order valence-electron chi connectivity index (χ3n) is 4.24. The standard InChI is InChI=1S/C16H23N3O4/c1-2-11-23-12-13-3-7-18(8-4-13)15(21)6-10-19-9-5-14(20)17-16(19)22/h1,13H,3-12H2,(H,17,20,22). The topological polar surface area (TPSA) is 79.0 Å². The van der Waals surface area contributed by atoms with Crippen molar-refractivity contribution in [2.75, 3.05) is 39.4 Å². The Morgan fingerprint density at radius 3 is 2.70 bits per heavy atom. The molecule has 7 heteroatoms. The number of amides is 4. The lowest BCUT2D eigenvalue weighted by Crippen LogP contribution is -2.50. The minimum absolute atomic E-state index is 0.0534. The Morgan fingerprint density at radius 1 is 1.30 bits per heavy atom. The monoisotopic (exact) mass is 321 g/mol. The molecule has 0 aliphatic carbocycles. The van der Waals surface area contributed by atoms with Crippen LogP contribution in [0.1, 0.15) is 25.7 Å². The number of ether oxygens (including phenoxy) is 1. The van der Waals surface area contributed by atoms with Gasteiger partial charge in [-0.25, -0.2) is 4.79 Å². The number of nitrogens with zero attached hydrogens (tertiary/aromatic N) is 2. The molecule has 2 aliphatic heterocycles. The maximum atomic E-state index is 12.2. The summed E-state index contributed by atoms with van der Waals surface area (Å²) in [7, 11) is 0.